The van der Waals surface area contributed by atoms with E-state index >= 15 is 0 Å². The summed E-state index contributed by atoms with van der Waals surface area (Å²) in [6.45, 7) is 0.812. The van der Waals surface area contributed by atoms with Crippen molar-refractivity contribution in [3.05, 3.63) is 53.1 Å². The van der Waals surface area contributed by atoms with Crippen molar-refractivity contribution in [2.24, 2.45) is 0 Å². The number of rotatable bonds is 1. The molecule has 102 valence electrons. The Bertz CT molecular complexity index is 659. The lowest BCUT2D eigenvalue weighted by molar-refractivity contribution is -0.129. The molecule has 20 heavy (non-hydrogen) atoms. The minimum absolute atomic E-state index is 0.153. The molecule has 4 rings (SSSR count). The van der Waals surface area contributed by atoms with Gasteiger partial charge in [-0.2, -0.15) is 0 Å². The van der Waals surface area contributed by atoms with Gasteiger partial charge in [0.2, 0.25) is 5.91 Å². The average molecular weight is 267 g/mol. The molecule has 3 aliphatic rings. The zero-order chi connectivity index (χ0) is 13.7. The standard InChI is InChI=1S/C17H17NO2/c1-20-14-6-5-12-7-9-18-16(19)10-13-4-2-3-8-17(13,18)15(12)11-14/h2,4-6,10-11H,3,7-9H2,1H3/t17-/m1/s1. The van der Waals surface area contributed by atoms with Crippen LogP contribution in [-0.4, -0.2) is 24.5 Å². The maximum atomic E-state index is 12.3. The fraction of sp³-hybridized carbons (Fsp3) is 0.353. The van der Waals surface area contributed by atoms with E-state index < -0.39 is 0 Å². The summed E-state index contributed by atoms with van der Waals surface area (Å²) in [5.74, 6) is 1.02. The van der Waals surface area contributed by atoms with Crippen LogP contribution >= 0.6 is 0 Å². The second-order valence-electron chi connectivity index (χ2n) is 5.66. The monoisotopic (exact) mass is 267 g/mol. The number of nitrogens with zero attached hydrogens (tertiary/aromatic N) is 1. The van der Waals surface area contributed by atoms with E-state index in [0.717, 1.165) is 37.1 Å². The van der Waals surface area contributed by atoms with Crippen molar-refractivity contribution in [3.8, 4) is 5.75 Å². The highest BCUT2D eigenvalue weighted by Crippen LogP contribution is 2.51. The lowest BCUT2D eigenvalue weighted by atomic mass is 9.72. The van der Waals surface area contributed by atoms with Gasteiger partial charge in [0.05, 0.1) is 12.6 Å². The molecule has 3 heteroatoms. The predicted octanol–water partition coefficient (Wildman–Crippen LogP) is 2.57. The van der Waals surface area contributed by atoms with E-state index in [1.54, 1.807) is 7.11 Å². The van der Waals surface area contributed by atoms with Gasteiger partial charge >= 0.3 is 0 Å². The lowest BCUT2D eigenvalue weighted by Crippen LogP contribution is -2.50. The number of hydrogen-bond acceptors (Lipinski definition) is 2. The minimum Gasteiger partial charge on any atom is -0.497 e. The Hall–Kier alpha value is -2.03. The molecule has 0 aromatic heterocycles. The summed E-state index contributed by atoms with van der Waals surface area (Å²) < 4.78 is 5.39. The van der Waals surface area contributed by atoms with Crippen molar-refractivity contribution in [2.45, 2.75) is 24.8 Å². The quantitative estimate of drug-likeness (QED) is 0.782. The Kier molecular flexibility index (Phi) is 2.34. The number of allylic oxidation sites excluding steroid dienone is 1. The third kappa shape index (κ3) is 1.33. The SMILES string of the molecule is COc1ccc2c(c1)[C@@]13CCC=CC1=CC(=O)N3CC2. The molecule has 0 fully saturated rings. The van der Waals surface area contributed by atoms with Gasteiger partial charge in [-0.05, 0) is 48.1 Å². The molecule has 0 unspecified atom stereocenters. The molecule has 3 nitrogen and oxygen atoms in total. The van der Waals surface area contributed by atoms with E-state index in [0.29, 0.717) is 0 Å². The predicted molar refractivity (Wildman–Crippen MR) is 76.5 cm³/mol. The van der Waals surface area contributed by atoms with Crippen LogP contribution in [0.5, 0.6) is 5.75 Å². The third-order valence-corrected chi connectivity index (χ3v) is 4.82. The second-order valence-corrected chi connectivity index (χ2v) is 5.66. The Balaban J connectivity index is 1.97. The Morgan fingerprint density at radius 1 is 1.35 bits per heavy atom. The fourth-order valence-electron chi connectivity index (χ4n) is 3.90. The van der Waals surface area contributed by atoms with Gasteiger partial charge in [0, 0.05) is 12.6 Å². The minimum atomic E-state index is -0.242. The van der Waals surface area contributed by atoms with Crippen LogP contribution in [0.3, 0.4) is 0 Å². The van der Waals surface area contributed by atoms with Crippen LogP contribution in [0.15, 0.2) is 42.0 Å². The number of methoxy groups -OCH3 is 1. The molecule has 2 aliphatic heterocycles. The summed E-state index contributed by atoms with van der Waals surface area (Å²) in [6, 6.07) is 6.29. The van der Waals surface area contributed by atoms with Crippen LogP contribution in [0, 0.1) is 0 Å². The van der Waals surface area contributed by atoms with Gasteiger partial charge in [-0.15, -0.1) is 0 Å². The van der Waals surface area contributed by atoms with Gasteiger partial charge in [0.1, 0.15) is 5.75 Å². The number of amides is 1. The van der Waals surface area contributed by atoms with E-state index in [1.165, 1.54) is 11.1 Å². The molecule has 0 N–H and O–H groups in total. The van der Waals surface area contributed by atoms with Gasteiger partial charge in [-0.1, -0.05) is 18.2 Å². The molecule has 1 atom stereocenters. The van der Waals surface area contributed by atoms with E-state index in [9.17, 15) is 4.79 Å². The van der Waals surface area contributed by atoms with E-state index in [1.807, 2.05) is 17.0 Å². The van der Waals surface area contributed by atoms with E-state index in [4.69, 9.17) is 4.74 Å². The van der Waals surface area contributed by atoms with Crippen LogP contribution < -0.4 is 4.74 Å². The van der Waals surface area contributed by atoms with Crippen LogP contribution in [-0.2, 0) is 16.8 Å². The summed E-state index contributed by atoms with van der Waals surface area (Å²) >= 11 is 0. The number of carbonyl (C=O) groups is 1. The third-order valence-electron chi connectivity index (χ3n) is 4.82. The molecule has 1 aromatic rings. The molecular weight excluding hydrogens is 250 g/mol. The summed E-state index contributed by atoms with van der Waals surface area (Å²) in [6.07, 6.45) is 9.01. The Morgan fingerprint density at radius 3 is 3.10 bits per heavy atom. The molecule has 0 saturated heterocycles. The van der Waals surface area contributed by atoms with Crippen molar-refractivity contribution in [3.63, 3.8) is 0 Å². The number of fused-ring (bicyclic) bond motifs is 1. The van der Waals surface area contributed by atoms with Crippen molar-refractivity contribution in [1.82, 2.24) is 4.90 Å². The largest absolute Gasteiger partial charge is 0.497 e. The van der Waals surface area contributed by atoms with Crippen LogP contribution in [0.4, 0.5) is 0 Å². The van der Waals surface area contributed by atoms with Gasteiger partial charge in [-0.25, -0.2) is 0 Å². The first-order valence-electron chi connectivity index (χ1n) is 7.13. The molecule has 1 aromatic carbocycles. The van der Waals surface area contributed by atoms with Crippen LogP contribution in [0.2, 0.25) is 0 Å². The maximum absolute atomic E-state index is 12.3. The average Bonchev–Trinajstić information content (AvgIpc) is 2.79. The van der Waals surface area contributed by atoms with Gasteiger partial charge < -0.3 is 9.64 Å². The van der Waals surface area contributed by atoms with Crippen LogP contribution in [0.1, 0.15) is 24.0 Å². The van der Waals surface area contributed by atoms with Crippen molar-refractivity contribution >= 4 is 5.91 Å². The van der Waals surface area contributed by atoms with Crippen molar-refractivity contribution in [2.75, 3.05) is 13.7 Å². The first-order chi connectivity index (χ1) is 9.75. The number of hydrogen-bond donors (Lipinski definition) is 0. The molecule has 0 saturated carbocycles. The molecule has 1 amide bonds. The van der Waals surface area contributed by atoms with Crippen LogP contribution in [0.25, 0.3) is 0 Å². The summed E-state index contributed by atoms with van der Waals surface area (Å²) in [5, 5.41) is 0. The van der Waals surface area contributed by atoms with Gasteiger partial charge in [-0.3, -0.25) is 4.79 Å². The lowest BCUT2D eigenvalue weighted by Gasteiger charge is -2.46. The molecule has 1 aliphatic carbocycles. The number of ether oxygens (including phenoxy) is 1. The van der Waals surface area contributed by atoms with Crippen molar-refractivity contribution in [1.29, 1.82) is 0 Å². The summed E-state index contributed by atoms with van der Waals surface area (Å²) in [4.78, 5) is 14.4. The van der Waals surface area contributed by atoms with E-state index in [-0.39, 0.29) is 11.4 Å². The highest BCUT2D eigenvalue weighted by atomic mass is 16.5. The zero-order valence-corrected chi connectivity index (χ0v) is 11.6. The smallest absolute Gasteiger partial charge is 0.247 e. The van der Waals surface area contributed by atoms with Crippen molar-refractivity contribution < 1.29 is 9.53 Å². The highest BCUT2D eigenvalue weighted by molar-refractivity contribution is 5.94. The molecule has 2 heterocycles. The zero-order valence-electron chi connectivity index (χ0n) is 11.6. The normalized spacial score (nSPS) is 26.8. The van der Waals surface area contributed by atoms with E-state index in [2.05, 4.69) is 24.3 Å². The first kappa shape index (κ1) is 11.8. The number of carbonyl (C=O) groups excluding carboxylic acids is 1. The first-order valence-corrected chi connectivity index (χ1v) is 7.13. The number of benzene rings is 1. The molecule has 0 bridgehead atoms. The Labute approximate surface area is 118 Å². The second kappa shape index (κ2) is 3.98. The molecular formula is C17H17NO2. The van der Waals surface area contributed by atoms with Gasteiger partial charge in [0.25, 0.3) is 0 Å². The van der Waals surface area contributed by atoms with Gasteiger partial charge in [0.15, 0.2) is 0 Å². The Morgan fingerprint density at radius 2 is 2.25 bits per heavy atom. The summed E-state index contributed by atoms with van der Waals surface area (Å²) in [5.41, 5.74) is 3.50. The molecule has 1 spiro atoms. The fourth-order valence-corrected chi connectivity index (χ4v) is 3.90. The maximum Gasteiger partial charge on any atom is 0.247 e. The topological polar surface area (TPSA) is 29.5 Å². The highest BCUT2D eigenvalue weighted by Gasteiger charge is 2.51. The molecule has 0 radical (unpaired) electrons. The summed E-state index contributed by atoms with van der Waals surface area (Å²) in [7, 11) is 1.69.